The van der Waals surface area contributed by atoms with Gasteiger partial charge in [0.2, 0.25) is 5.91 Å². The van der Waals surface area contributed by atoms with Crippen LogP contribution in [0.1, 0.15) is 42.9 Å². The van der Waals surface area contributed by atoms with E-state index in [9.17, 15) is 4.79 Å². The first-order valence-corrected chi connectivity index (χ1v) is 10.2. The number of amides is 1. The Hall–Kier alpha value is -2.24. The third-order valence-corrected chi connectivity index (χ3v) is 6.17. The van der Waals surface area contributed by atoms with Crippen molar-refractivity contribution in [3.63, 3.8) is 0 Å². The van der Waals surface area contributed by atoms with Crippen molar-refractivity contribution < 1.29 is 14.3 Å². The summed E-state index contributed by atoms with van der Waals surface area (Å²) in [5.41, 5.74) is 1.61. The lowest BCUT2D eigenvalue weighted by Crippen LogP contribution is -2.50. The predicted octanol–water partition coefficient (Wildman–Crippen LogP) is 3.41. The number of rotatable bonds is 5. The third-order valence-electron chi connectivity index (χ3n) is 6.17. The lowest BCUT2D eigenvalue weighted by Gasteiger charge is -2.39. The first-order chi connectivity index (χ1) is 13.8. The highest BCUT2D eigenvalue weighted by molar-refractivity contribution is 5.88. The number of aromatic nitrogens is 1. The van der Waals surface area contributed by atoms with Gasteiger partial charge in [0.15, 0.2) is 0 Å². The molecule has 5 nitrogen and oxygen atoms in total. The van der Waals surface area contributed by atoms with Gasteiger partial charge in [0.05, 0.1) is 11.5 Å². The zero-order valence-electron chi connectivity index (χ0n) is 16.2. The van der Waals surface area contributed by atoms with Gasteiger partial charge in [-0.15, -0.1) is 0 Å². The molecule has 0 bridgehead atoms. The Labute approximate surface area is 166 Å². The van der Waals surface area contributed by atoms with Crippen LogP contribution in [-0.2, 0) is 19.7 Å². The largest absolute Gasteiger partial charge is 0.381 e. The number of pyridine rings is 1. The molecule has 1 amide bonds. The van der Waals surface area contributed by atoms with Crippen molar-refractivity contribution in [3.05, 3.63) is 66.0 Å². The van der Waals surface area contributed by atoms with E-state index in [2.05, 4.69) is 28.5 Å². The van der Waals surface area contributed by atoms with Gasteiger partial charge < -0.3 is 14.8 Å². The summed E-state index contributed by atoms with van der Waals surface area (Å²) in [5, 5.41) is 3.42. The molecular formula is C23H28N2O3. The Kier molecular flexibility index (Phi) is 6.03. The molecular weight excluding hydrogens is 352 g/mol. The van der Waals surface area contributed by atoms with Crippen molar-refractivity contribution in [2.75, 3.05) is 26.4 Å². The summed E-state index contributed by atoms with van der Waals surface area (Å²) in [7, 11) is 0. The Morgan fingerprint density at radius 3 is 2.39 bits per heavy atom. The van der Waals surface area contributed by atoms with Crippen molar-refractivity contribution >= 4 is 5.91 Å². The molecule has 0 radical (unpaired) electrons. The summed E-state index contributed by atoms with van der Waals surface area (Å²) in [6, 6.07) is 14.1. The monoisotopic (exact) mass is 380 g/mol. The van der Waals surface area contributed by atoms with Crippen LogP contribution in [0.15, 0.2) is 54.9 Å². The smallest absolute Gasteiger partial charge is 0.231 e. The second-order valence-corrected chi connectivity index (χ2v) is 7.75. The molecule has 1 atom stereocenters. The van der Waals surface area contributed by atoms with Crippen LogP contribution in [0.5, 0.6) is 0 Å². The minimum absolute atomic E-state index is 0.0477. The van der Waals surface area contributed by atoms with E-state index in [1.807, 2.05) is 30.5 Å². The fraction of sp³-hybridized carbons (Fsp3) is 0.478. The van der Waals surface area contributed by atoms with Gasteiger partial charge in [0, 0.05) is 38.8 Å². The van der Waals surface area contributed by atoms with Gasteiger partial charge in [-0.2, -0.15) is 0 Å². The number of ether oxygens (including phenoxy) is 2. The first-order valence-electron chi connectivity index (χ1n) is 10.2. The van der Waals surface area contributed by atoms with Gasteiger partial charge in [0.25, 0.3) is 0 Å². The molecule has 0 spiro atoms. The molecule has 4 rings (SSSR count). The summed E-state index contributed by atoms with van der Waals surface area (Å²) in [5.74, 6) is 0.455. The van der Waals surface area contributed by atoms with Gasteiger partial charge in [-0.05, 0) is 48.8 Å². The first kappa shape index (κ1) is 19.1. The van der Waals surface area contributed by atoms with Gasteiger partial charge in [-0.3, -0.25) is 9.78 Å². The van der Waals surface area contributed by atoms with Crippen LogP contribution in [0.4, 0.5) is 0 Å². The highest BCUT2D eigenvalue weighted by atomic mass is 16.5. The lowest BCUT2D eigenvalue weighted by atomic mass is 9.73. The van der Waals surface area contributed by atoms with E-state index >= 15 is 0 Å². The molecule has 2 aliphatic rings. The topological polar surface area (TPSA) is 60.5 Å². The molecule has 1 aromatic carbocycles. The zero-order chi connectivity index (χ0) is 19.2. The third kappa shape index (κ3) is 3.96. The van der Waals surface area contributed by atoms with Crippen LogP contribution >= 0.6 is 0 Å². The zero-order valence-corrected chi connectivity index (χ0v) is 16.2. The lowest BCUT2D eigenvalue weighted by molar-refractivity contribution is -0.132. The van der Waals surface area contributed by atoms with Crippen molar-refractivity contribution in [1.82, 2.24) is 10.3 Å². The second kappa shape index (κ2) is 8.84. The van der Waals surface area contributed by atoms with Gasteiger partial charge in [-0.1, -0.05) is 36.4 Å². The Bertz CT molecular complexity index is 754. The van der Waals surface area contributed by atoms with Crippen LogP contribution in [0.3, 0.4) is 0 Å². The second-order valence-electron chi connectivity index (χ2n) is 7.75. The van der Waals surface area contributed by atoms with Crippen molar-refractivity contribution in [2.45, 2.75) is 37.1 Å². The minimum Gasteiger partial charge on any atom is -0.381 e. The van der Waals surface area contributed by atoms with Crippen molar-refractivity contribution in [3.8, 4) is 0 Å². The average molecular weight is 380 g/mol. The molecule has 28 heavy (non-hydrogen) atoms. The highest BCUT2D eigenvalue weighted by Gasteiger charge is 2.43. The number of carbonyl (C=O) groups is 1. The number of hydrogen-bond donors (Lipinski definition) is 1. The predicted molar refractivity (Wildman–Crippen MR) is 107 cm³/mol. The van der Waals surface area contributed by atoms with Crippen LogP contribution in [0.2, 0.25) is 0 Å². The fourth-order valence-corrected chi connectivity index (χ4v) is 4.49. The summed E-state index contributed by atoms with van der Waals surface area (Å²) in [6.07, 6.45) is 6.95. The number of nitrogens with zero attached hydrogens (tertiary/aromatic N) is 1. The molecule has 0 aliphatic carbocycles. The standard InChI is InChI=1S/C23H28N2O3/c26-22(23(10-15-28-16-11-23)20-6-2-1-3-7-20)25-21(18-8-13-27-14-9-18)19-5-4-12-24-17-19/h1-7,12,17-18,21H,8-11,13-16H2,(H,25,26). The van der Waals surface area contributed by atoms with E-state index in [1.165, 1.54) is 0 Å². The van der Waals surface area contributed by atoms with Crippen LogP contribution in [0.25, 0.3) is 0 Å². The van der Waals surface area contributed by atoms with E-state index in [1.54, 1.807) is 6.20 Å². The Balaban J connectivity index is 1.63. The van der Waals surface area contributed by atoms with E-state index < -0.39 is 5.41 Å². The summed E-state index contributed by atoms with van der Waals surface area (Å²) in [6.45, 7) is 2.71. The number of carbonyl (C=O) groups excluding carboxylic acids is 1. The Morgan fingerprint density at radius 1 is 1.00 bits per heavy atom. The molecule has 1 N–H and O–H groups in total. The van der Waals surface area contributed by atoms with Crippen molar-refractivity contribution in [1.29, 1.82) is 0 Å². The SMILES string of the molecule is O=C(NC(c1cccnc1)C1CCOCC1)C1(c2ccccc2)CCOCC1. The number of benzene rings is 1. The van der Waals surface area contributed by atoms with E-state index in [-0.39, 0.29) is 11.9 Å². The van der Waals surface area contributed by atoms with E-state index in [4.69, 9.17) is 9.47 Å². The molecule has 148 valence electrons. The maximum atomic E-state index is 13.7. The molecule has 2 saturated heterocycles. The van der Waals surface area contributed by atoms with Gasteiger partial charge in [0.1, 0.15) is 0 Å². The molecule has 1 aromatic heterocycles. The molecule has 2 fully saturated rings. The number of nitrogens with one attached hydrogen (secondary N) is 1. The molecule has 0 saturated carbocycles. The van der Waals surface area contributed by atoms with Crippen LogP contribution in [-0.4, -0.2) is 37.3 Å². The summed E-state index contributed by atoms with van der Waals surface area (Å²) >= 11 is 0. The maximum absolute atomic E-state index is 13.7. The van der Waals surface area contributed by atoms with Gasteiger partial charge in [-0.25, -0.2) is 0 Å². The Morgan fingerprint density at radius 2 is 1.71 bits per heavy atom. The number of hydrogen-bond acceptors (Lipinski definition) is 4. The maximum Gasteiger partial charge on any atom is 0.231 e. The molecule has 2 aliphatic heterocycles. The average Bonchev–Trinajstić information content (AvgIpc) is 2.79. The quantitative estimate of drug-likeness (QED) is 0.864. The fourth-order valence-electron chi connectivity index (χ4n) is 4.49. The normalized spacial score (nSPS) is 21.0. The molecule has 2 aromatic rings. The van der Waals surface area contributed by atoms with E-state index in [0.717, 1.165) is 37.2 Å². The summed E-state index contributed by atoms with van der Waals surface area (Å²) in [4.78, 5) is 18.0. The van der Waals surface area contributed by atoms with Gasteiger partial charge >= 0.3 is 0 Å². The van der Waals surface area contributed by atoms with Crippen molar-refractivity contribution in [2.24, 2.45) is 5.92 Å². The molecule has 1 unspecified atom stereocenters. The van der Waals surface area contributed by atoms with E-state index in [0.29, 0.717) is 32.0 Å². The summed E-state index contributed by atoms with van der Waals surface area (Å²) < 4.78 is 11.1. The van der Waals surface area contributed by atoms with Crippen LogP contribution in [0, 0.1) is 5.92 Å². The highest BCUT2D eigenvalue weighted by Crippen LogP contribution is 2.37. The van der Waals surface area contributed by atoms with Crippen LogP contribution < -0.4 is 5.32 Å². The molecule has 5 heteroatoms. The minimum atomic E-state index is -0.537. The molecule has 3 heterocycles.